The fraction of sp³-hybridized carbons (Fsp3) is 0.417. The third-order valence-electron chi connectivity index (χ3n) is 5.27. The lowest BCUT2D eigenvalue weighted by molar-refractivity contribution is -0.131. The third kappa shape index (κ3) is 7.65. The zero-order valence-corrected chi connectivity index (χ0v) is 21.8. The van der Waals surface area contributed by atoms with Gasteiger partial charge in [-0.05, 0) is 54.0 Å². The number of carbonyl (C=O) groups excluding carboxylic acids is 1. The van der Waals surface area contributed by atoms with Crippen LogP contribution in [0.3, 0.4) is 0 Å². The fourth-order valence-corrected chi connectivity index (χ4v) is 4.24. The van der Waals surface area contributed by atoms with Crippen LogP contribution in [0.5, 0.6) is 0 Å². The van der Waals surface area contributed by atoms with Gasteiger partial charge in [-0.2, -0.15) is 11.8 Å². The van der Waals surface area contributed by atoms with Crippen LogP contribution < -0.4 is 10.6 Å². The van der Waals surface area contributed by atoms with Gasteiger partial charge < -0.3 is 15.5 Å². The number of nitrogens with one attached hydrogen (secondary N) is 2. The highest BCUT2D eigenvalue weighted by molar-refractivity contribution is 14.0. The van der Waals surface area contributed by atoms with E-state index in [1.165, 1.54) is 17.2 Å². The van der Waals surface area contributed by atoms with Gasteiger partial charge in [0.25, 0.3) is 0 Å². The maximum atomic E-state index is 13.5. The second-order valence-corrected chi connectivity index (χ2v) is 8.46. The van der Waals surface area contributed by atoms with Crippen LogP contribution in [0, 0.1) is 5.82 Å². The highest BCUT2D eigenvalue weighted by atomic mass is 127. The highest BCUT2D eigenvalue weighted by Gasteiger charge is 2.22. The molecular weight excluding hydrogens is 538 g/mol. The molecule has 32 heavy (non-hydrogen) atoms. The molecule has 0 saturated carbocycles. The molecule has 0 aliphatic carbocycles. The maximum Gasteiger partial charge on any atom is 0.223 e. The Balaban J connectivity index is 0.00000363. The molecule has 1 heterocycles. The molecule has 1 amide bonds. The molecular formula is C24H32FIN4OS. The number of halogens is 2. The predicted molar refractivity (Wildman–Crippen MR) is 142 cm³/mol. The quantitative estimate of drug-likeness (QED) is 0.199. The van der Waals surface area contributed by atoms with Crippen molar-refractivity contribution in [2.45, 2.75) is 45.2 Å². The van der Waals surface area contributed by atoms with Gasteiger partial charge in [0.1, 0.15) is 5.82 Å². The van der Waals surface area contributed by atoms with E-state index in [2.05, 4.69) is 27.8 Å². The first-order valence-corrected chi connectivity index (χ1v) is 12.1. The molecule has 0 saturated heterocycles. The van der Waals surface area contributed by atoms with E-state index in [9.17, 15) is 9.18 Å². The summed E-state index contributed by atoms with van der Waals surface area (Å²) in [5.74, 6) is 1.44. The van der Waals surface area contributed by atoms with E-state index >= 15 is 0 Å². The van der Waals surface area contributed by atoms with Gasteiger partial charge >= 0.3 is 0 Å². The molecule has 2 aromatic carbocycles. The number of nitrogens with zero attached hydrogens (tertiary/aromatic N) is 2. The Labute approximate surface area is 211 Å². The van der Waals surface area contributed by atoms with Crippen molar-refractivity contribution in [1.82, 2.24) is 15.5 Å². The van der Waals surface area contributed by atoms with Crippen LogP contribution in [0.4, 0.5) is 4.39 Å². The molecule has 2 aromatic rings. The summed E-state index contributed by atoms with van der Waals surface area (Å²) < 4.78 is 13.5. The summed E-state index contributed by atoms with van der Waals surface area (Å²) in [4.78, 5) is 19.1. The molecule has 0 fully saturated rings. The number of amides is 1. The standard InChI is InChI=1S/C24H31FN4OS.HI/c1-3-26-24(28-14-18-10-11-22(25)13-21(18)17-31-2)27-12-6-9-23(30)29-15-19-7-4-5-8-20(19)16-29;/h4-5,7-8,10-11,13H,3,6,9,12,14-17H2,1-2H3,(H2,26,27,28);1H. The van der Waals surface area contributed by atoms with Crippen molar-refractivity contribution >= 4 is 47.6 Å². The zero-order chi connectivity index (χ0) is 22.1. The van der Waals surface area contributed by atoms with Gasteiger partial charge in [0.05, 0.1) is 6.54 Å². The predicted octanol–water partition coefficient (Wildman–Crippen LogP) is 4.68. The minimum absolute atomic E-state index is 0. The molecule has 3 rings (SSSR count). The lowest BCUT2D eigenvalue weighted by Crippen LogP contribution is -2.38. The number of guanidine groups is 1. The molecule has 0 bridgehead atoms. The molecule has 0 aromatic heterocycles. The summed E-state index contributed by atoms with van der Waals surface area (Å²) in [6.45, 7) is 5.34. The van der Waals surface area contributed by atoms with Crippen molar-refractivity contribution in [3.63, 3.8) is 0 Å². The Morgan fingerprint density at radius 2 is 1.84 bits per heavy atom. The zero-order valence-electron chi connectivity index (χ0n) is 18.7. The van der Waals surface area contributed by atoms with Crippen LogP contribution in [0.25, 0.3) is 0 Å². The second-order valence-electron chi connectivity index (χ2n) is 7.59. The van der Waals surface area contributed by atoms with Crippen molar-refractivity contribution in [1.29, 1.82) is 0 Å². The van der Waals surface area contributed by atoms with Crippen LogP contribution in [-0.4, -0.2) is 36.1 Å². The number of rotatable bonds is 9. The average molecular weight is 571 g/mol. The number of hydrogen-bond donors (Lipinski definition) is 2. The van der Waals surface area contributed by atoms with Gasteiger partial charge in [0.2, 0.25) is 5.91 Å². The van der Waals surface area contributed by atoms with E-state index in [1.807, 2.05) is 30.2 Å². The number of thioether (sulfide) groups is 1. The summed E-state index contributed by atoms with van der Waals surface area (Å²) in [5, 5.41) is 6.54. The number of benzene rings is 2. The third-order valence-corrected chi connectivity index (χ3v) is 5.87. The molecule has 0 atom stereocenters. The maximum absolute atomic E-state index is 13.5. The van der Waals surface area contributed by atoms with Crippen LogP contribution in [0.2, 0.25) is 0 Å². The van der Waals surface area contributed by atoms with E-state index in [4.69, 9.17) is 0 Å². The average Bonchev–Trinajstić information content (AvgIpc) is 3.20. The van der Waals surface area contributed by atoms with E-state index in [1.54, 1.807) is 23.9 Å². The first kappa shape index (κ1) is 26.4. The van der Waals surface area contributed by atoms with Crippen molar-refractivity contribution in [3.8, 4) is 0 Å². The largest absolute Gasteiger partial charge is 0.357 e. The lowest BCUT2D eigenvalue weighted by Gasteiger charge is -2.16. The van der Waals surface area contributed by atoms with Crippen LogP contribution >= 0.6 is 35.7 Å². The molecule has 8 heteroatoms. The first-order valence-electron chi connectivity index (χ1n) is 10.7. The van der Waals surface area contributed by atoms with Crippen molar-refractivity contribution in [2.24, 2.45) is 4.99 Å². The van der Waals surface area contributed by atoms with Crippen molar-refractivity contribution in [3.05, 3.63) is 70.5 Å². The summed E-state index contributed by atoms with van der Waals surface area (Å²) >= 11 is 1.67. The van der Waals surface area contributed by atoms with Crippen LogP contribution in [0.1, 0.15) is 42.0 Å². The molecule has 1 aliphatic rings. The smallest absolute Gasteiger partial charge is 0.223 e. The van der Waals surface area contributed by atoms with Gasteiger partial charge in [-0.3, -0.25) is 4.79 Å². The molecule has 0 spiro atoms. The Bertz CT molecular complexity index is 900. The number of carbonyl (C=O) groups is 1. The van der Waals surface area contributed by atoms with Crippen molar-refractivity contribution in [2.75, 3.05) is 19.3 Å². The molecule has 0 radical (unpaired) electrons. The van der Waals surface area contributed by atoms with Gasteiger partial charge in [-0.25, -0.2) is 9.38 Å². The summed E-state index contributed by atoms with van der Waals surface area (Å²) in [5.41, 5.74) is 4.50. The summed E-state index contributed by atoms with van der Waals surface area (Å²) in [7, 11) is 0. The Morgan fingerprint density at radius 1 is 1.12 bits per heavy atom. The molecule has 174 valence electrons. The van der Waals surface area contributed by atoms with Gasteiger partial charge in [0.15, 0.2) is 5.96 Å². The highest BCUT2D eigenvalue weighted by Crippen LogP contribution is 2.23. The molecule has 2 N–H and O–H groups in total. The van der Waals surface area contributed by atoms with E-state index in [0.29, 0.717) is 38.6 Å². The second kappa shape index (κ2) is 13.7. The normalized spacial score (nSPS) is 12.8. The van der Waals surface area contributed by atoms with Crippen LogP contribution in [-0.2, 0) is 30.2 Å². The Hall–Kier alpha value is -1.81. The first-order chi connectivity index (χ1) is 15.1. The van der Waals surface area contributed by atoms with E-state index < -0.39 is 0 Å². The minimum atomic E-state index is -0.215. The summed E-state index contributed by atoms with van der Waals surface area (Å²) in [6, 6.07) is 13.1. The Morgan fingerprint density at radius 3 is 2.50 bits per heavy atom. The molecule has 1 aliphatic heterocycles. The van der Waals surface area contributed by atoms with Gasteiger partial charge in [-0.15, -0.1) is 24.0 Å². The number of aliphatic imine (C=N–C) groups is 1. The minimum Gasteiger partial charge on any atom is -0.357 e. The van der Waals surface area contributed by atoms with Crippen LogP contribution in [0.15, 0.2) is 47.5 Å². The Kier molecular flexibility index (Phi) is 11.3. The van der Waals surface area contributed by atoms with Gasteiger partial charge in [-0.1, -0.05) is 30.3 Å². The fourth-order valence-electron chi connectivity index (χ4n) is 3.66. The topological polar surface area (TPSA) is 56.7 Å². The number of hydrogen-bond acceptors (Lipinski definition) is 3. The molecule has 0 unspecified atom stereocenters. The summed E-state index contributed by atoms with van der Waals surface area (Å²) in [6.07, 6.45) is 3.26. The van der Waals surface area contributed by atoms with E-state index in [-0.39, 0.29) is 35.7 Å². The van der Waals surface area contributed by atoms with E-state index in [0.717, 1.165) is 29.8 Å². The number of fused-ring (bicyclic) bond motifs is 1. The SMILES string of the molecule is CCNC(=NCc1ccc(F)cc1CSC)NCCCC(=O)N1Cc2ccccc2C1.I. The lowest BCUT2D eigenvalue weighted by atomic mass is 10.1. The van der Waals surface area contributed by atoms with Gasteiger partial charge in [0, 0.05) is 38.4 Å². The molecule has 5 nitrogen and oxygen atoms in total. The van der Waals surface area contributed by atoms with Crippen molar-refractivity contribution < 1.29 is 9.18 Å². The monoisotopic (exact) mass is 570 g/mol.